The van der Waals surface area contributed by atoms with E-state index in [0.717, 1.165) is 0 Å². The van der Waals surface area contributed by atoms with Gasteiger partial charge >= 0.3 is 0 Å². The van der Waals surface area contributed by atoms with Crippen LogP contribution in [0.5, 0.6) is 0 Å². The van der Waals surface area contributed by atoms with Gasteiger partial charge in [-0.2, -0.15) is 0 Å². The minimum Gasteiger partial charge on any atom is -0.351 e. The smallest absolute Gasteiger partial charge is 0.220 e. The summed E-state index contributed by atoms with van der Waals surface area (Å²) in [7, 11) is 0. The van der Waals surface area contributed by atoms with Crippen molar-refractivity contribution in [3.63, 3.8) is 0 Å². The first-order chi connectivity index (χ1) is 6.22. The fourth-order valence-corrected chi connectivity index (χ4v) is 3.25. The summed E-state index contributed by atoms with van der Waals surface area (Å²) in [5.41, 5.74) is 0.906. The van der Waals surface area contributed by atoms with Crippen LogP contribution in [0.3, 0.4) is 0 Å². The number of amides is 1. The van der Waals surface area contributed by atoms with Crippen LogP contribution in [0.25, 0.3) is 0 Å². The highest BCUT2D eigenvalue weighted by Gasteiger charge is 2.65. The summed E-state index contributed by atoms with van der Waals surface area (Å²) in [6.07, 6.45) is 4.26. The molecule has 0 unspecified atom stereocenters. The van der Waals surface area contributed by atoms with Gasteiger partial charge in [-0.1, -0.05) is 27.7 Å². The molecule has 0 saturated heterocycles. The normalized spacial score (nSPS) is 39.7. The molecule has 3 rings (SSSR count). The van der Waals surface area contributed by atoms with Crippen LogP contribution in [0.4, 0.5) is 0 Å². The number of carbonyl (C=O) groups excluding carboxylic acids is 1. The Balaban J connectivity index is 1.80. The zero-order chi connectivity index (χ0) is 10.6. The SMILES string of the molecule is CC(C)(C)CC(=O)NC12CC(C)(C1)C2. The fraction of sp³-hybridized carbons (Fsp3) is 0.917. The molecule has 0 atom stereocenters. The molecule has 2 bridgehead atoms. The van der Waals surface area contributed by atoms with E-state index < -0.39 is 0 Å². The molecule has 0 radical (unpaired) electrons. The average Bonchev–Trinajstić information content (AvgIpc) is 1.76. The van der Waals surface area contributed by atoms with Crippen LogP contribution in [0.1, 0.15) is 53.4 Å². The van der Waals surface area contributed by atoms with Crippen molar-refractivity contribution in [2.75, 3.05) is 0 Å². The lowest BCUT2D eigenvalue weighted by Gasteiger charge is -2.69. The van der Waals surface area contributed by atoms with Crippen molar-refractivity contribution in [1.29, 1.82) is 0 Å². The quantitative estimate of drug-likeness (QED) is 0.720. The van der Waals surface area contributed by atoms with E-state index in [-0.39, 0.29) is 16.9 Å². The van der Waals surface area contributed by atoms with Crippen molar-refractivity contribution in [2.45, 2.75) is 58.9 Å². The van der Waals surface area contributed by atoms with Crippen molar-refractivity contribution in [1.82, 2.24) is 5.32 Å². The largest absolute Gasteiger partial charge is 0.351 e. The Labute approximate surface area is 86.5 Å². The van der Waals surface area contributed by atoms with Crippen molar-refractivity contribution in [3.8, 4) is 0 Å². The molecule has 3 fully saturated rings. The standard InChI is InChI=1S/C12H21NO/c1-10(2,3)5-9(14)13-12-6-11(4,7-12)8-12/h5-8H2,1-4H3,(H,13,14). The first-order valence-electron chi connectivity index (χ1n) is 5.53. The Morgan fingerprint density at radius 1 is 1.29 bits per heavy atom. The van der Waals surface area contributed by atoms with Gasteiger partial charge < -0.3 is 5.32 Å². The maximum Gasteiger partial charge on any atom is 0.220 e. The molecule has 0 aromatic carbocycles. The van der Waals surface area contributed by atoms with E-state index in [9.17, 15) is 4.79 Å². The molecule has 3 aliphatic rings. The van der Waals surface area contributed by atoms with E-state index in [2.05, 4.69) is 33.0 Å². The second kappa shape index (κ2) is 2.53. The van der Waals surface area contributed by atoms with Gasteiger partial charge in [-0.25, -0.2) is 0 Å². The van der Waals surface area contributed by atoms with E-state index in [0.29, 0.717) is 11.8 Å². The van der Waals surface area contributed by atoms with Gasteiger partial charge in [0.1, 0.15) is 0 Å². The second-order valence-corrected chi connectivity index (χ2v) is 6.91. The highest BCUT2D eigenvalue weighted by atomic mass is 16.1. The van der Waals surface area contributed by atoms with Gasteiger partial charge in [-0.05, 0) is 30.1 Å². The van der Waals surface area contributed by atoms with Crippen LogP contribution >= 0.6 is 0 Å². The van der Waals surface area contributed by atoms with Crippen LogP contribution in [0.15, 0.2) is 0 Å². The third kappa shape index (κ3) is 1.67. The van der Waals surface area contributed by atoms with Gasteiger partial charge in [0.15, 0.2) is 0 Å². The summed E-state index contributed by atoms with van der Waals surface area (Å²) in [5, 5.41) is 3.20. The molecule has 2 nitrogen and oxygen atoms in total. The van der Waals surface area contributed by atoms with Gasteiger partial charge in [0.25, 0.3) is 0 Å². The molecular formula is C12H21NO. The molecule has 1 amide bonds. The van der Waals surface area contributed by atoms with Crippen LogP contribution in [0.2, 0.25) is 0 Å². The third-order valence-electron chi connectivity index (χ3n) is 3.39. The summed E-state index contributed by atoms with van der Waals surface area (Å²) >= 11 is 0. The monoisotopic (exact) mass is 195 g/mol. The summed E-state index contributed by atoms with van der Waals surface area (Å²) < 4.78 is 0. The van der Waals surface area contributed by atoms with Crippen molar-refractivity contribution in [3.05, 3.63) is 0 Å². The van der Waals surface area contributed by atoms with Gasteiger partial charge in [0, 0.05) is 12.0 Å². The Morgan fingerprint density at radius 2 is 1.79 bits per heavy atom. The van der Waals surface area contributed by atoms with E-state index in [1.54, 1.807) is 0 Å². The van der Waals surface area contributed by atoms with Crippen LogP contribution in [0, 0.1) is 10.8 Å². The molecule has 0 aromatic rings. The first kappa shape index (κ1) is 10.0. The lowest BCUT2D eigenvalue weighted by Crippen LogP contribution is -2.73. The van der Waals surface area contributed by atoms with E-state index in [4.69, 9.17) is 0 Å². The average molecular weight is 195 g/mol. The van der Waals surface area contributed by atoms with Crippen molar-refractivity contribution in [2.24, 2.45) is 10.8 Å². The van der Waals surface area contributed by atoms with Crippen molar-refractivity contribution < 1.29 is 4.79 Å². The number of hydrogen-bond donors (Lipinski definition) is 1. The molecule has 0 aromatic heterocycles. The lowest BCUT2D eigenvalue weighted by molar-refractivity contribution is -0.157. The molecule has 0 heterocycles. The molecule has 1 N–H and O–H groups in total. The van der Waals surface area contributed by atoms with Crippen LogP contribution in [-0.4, -0.2) is 11.4 Å². The Bertz CT molecular complexity index is 255. The van der Waals surface area contributed by atoms with Gasteiger partial charge in [0.2, 0.25) is 5.91 Å². The summed E-state index contributed by atoms with van der Waals surface area (Å²) in [4.78, 5) is 11.7. The molecule has 0 spiro atoms. The van der Waals surface area contributed by atoms with Crippen LogP contribution in [-0.2, 0) is 4.79 Å². The number of nitrogens with one attached hydrogen (secondary N) is 1. The van der Waals surface area contributed by atoms with Crippen LogP contribution < -0.4 is 5.32 Å². The fourth-order valence-electron chi connectivity index (χ4n) is 3.25. The topological polar surface area (TPSA) is 29.1 Å². The molecular weight excluding hydrogens is 174 g/mol. The predicted molar refractivity (Wildman–Crippen MR) is 56.9 cm³/mol. The van der Waals surface area contributed by atoms with E-state index in [1.165, 1.54) is 19.3 Å². The van der Waals surface area contributed by atoms with Crippen molar-refractivity contribution >= 4 is 5.91 Å². The highest BCUT2D eigenvalue weighted by Crippen LogP contribution is 2.66. The Morgan fingerprint density at radius 3 is 2.14 bits per heavy atom. The zero-order valence-corrected chi connectivity index (χ0v) is 9.74. The third-order valence-corrected chi connectivity index (χ3v) is 3.39. The summed E-state index contributed by atoms with van der Waals surface area (Å²) in [6.45, 7) is 8.63. The van der Waals surface area contributed by atoms with Gasteiger partial charge in [-0.15, -0.1) is 0 Å². The van der Waals surface area contributed by atoms with Gasteiger partial charge in [0.05, 0.1) is 0 Å². The molecule has 3 saturated carbocycles. The molecule has 80 valence electrons. The Hall–Kier alpha value is -0.530. The minimum atomic E-state index is 0.109. The number of carbonyl (C=O) groups is 1. The summed E-state index contributed by atoms with van der Waals surface area (Å²) in [6, 6.07) is 0. The lowest BCUT2D eigenvalue weighted by atomic mass is 9.40. The number of hydrogen-bond acceptors (Lipinski definition) is 1. The Kier molecular flexibility index (Phi) is 1.81. The predicted octanol–water partition coefficient (Wildman–Crippen LogP) is 2.48. The molecule has 14 heavy (non-hydrogen) atoms. The highest BCUT2D eigenvalue weighted by molar-refractivity contribution is 5.78. The molecule has 2 heteroatoms. The summed E-state index contributed by atoms with van der Waals surface area (Å²) in [5.74, 6) is 0.235. The van der Waals surface area contributed by atoms with E-state index >= 15 is 0 Å². The zero-order valence-electron chi connectivity index (χ0n) is 9.74. The molecule has 3 aliphatic carbocycles. The molecule has 0 aliphatic heterocycles. The van der Waals surface area contributed by atoms with Gasteiger partial charge in [-0.3, -0.25) is 4.79 Å². The second-order valence-electron chi connectivity index (χ2n) is 6.91. The minimum absolute atomic E-state index is 0.109. The van der Waals surface area contributed by atoms with E-state index in [1.807, 2.05) is 0 Å². The maximum atomic E-state index is 11.7. The number of rotatable bonds is 2. The first-order valence-corrected chi connectivity index (χ1v) is 5.53. The maximum absolute atomic E-state index is 11.7.